The first kappa shape index (κ1) is 20.8. The number of Topliss-reactive ketones (excluding diaryl/α,β-unsaturated/α-hetero) is 1. The van der Waals surface area contributed by atoms with Crippen LogP contribution in [0.15, 0.2) is 66.0 Å². The van der Waals surface area contributed by atoms with Gasteiger partial charge in [-0.3, -0.25) is 9.59 Å². The Morgan fingerprint density at radius 2 is 1.83 bits per heavy atom. The monoisotopic (exact) mass is 407 g/mol. The first-order chi connectivity index (χ1) is 14.1. The molecule has 2 aromatic carbocycles. The van der Waals surface area contributed by atoms with E-state index in [4.69, 9.17) is 4.74 Å². The van der Waals surface area contributed by atoms with Gasteiger partial charge in [0, 0.05) is 22.5 Å². The number of methoxy groups -OCH3 is 1. The van der Waals surface area contributed by atoms with Crippen molar-refractivity contribution < 1.29 is 14.3 Å². The average Bonchev–Trinajstić information content (AvgIpc) is 3.25. The van der Waals surface area contributed by atoms with Gasteiger partial charge in [0.2, 0.25) is 5.91 Å². The van der Waals surface area contributed by atoms with Crippen molar-refractivity contribution in [1.29, 1.82) is 0 Å². The summed E-state index contributed by atoms with van der Waals surface area (Å²) in [7, 11) is 1.58. The number of nitrogens with zero attached hydrogens (tertiary/aromatic N) is 1. The number of rotatable bonds is 9. The molecule has 0 bridgehead atoms. The highest BCUT2D eigenvalue weighted by Crippen LogP contribution is 2.22. The normalized spacial score (nSPS) is 10.6. The van der Waals surface area contributed by atoms with Crippen LogP contribution in [0, 0.1) is 0 Å². The fourth-order valence-electron chi connectivity index (χ4n) is 3.20. The predicted molar refractivity (Wildman–Crippen MR) is 117 cm³/mol. The molecule has 0 radical (unpaired) electrons. The van der Waals surface area contributed by atoms with E-state index in [-0.39, 0.29) is 18.1 Å². The zero-order valence-corrected chi connectivity index (χ0v) is 17.6. The molecule has 0 aliphatic heterocycles. The van der Waals surface area contributed by atoms with Crippen molar-refractivity contribution in [2.45, 2.75) is 26.3 Å². The molecular formula is C24H25NO3S. The fraction of sp³-hybridized carbons (Fsp3) is 0.250. The van der Waals surface area contributed by atoms with Crippen LogP contribution in [0.4, 0.5) is 0 Å². The van der Waals surface area contributed by atoms with Crippen LogP contribution in [0.2, 0.25) is 0 Å². The maximum absolute atomic E-state index is 13.2. The van der Waals surface area contributed by atoms with Crippen LogP contribution in [0.25, 0.3) is 0 Å². The number of ketones is 1. The molecule has 0 aliphatic carbocycles. The Morgan fingerprint density at radius 3 is 2.48 bits per heavy atom. The Hall–Kier alpha value is -2.92. The lowest BCUT2D eigenvalue weighted by atomic mass is 10.0. The van der Waals surface area contributed by atoms with E-state index in [9.17, 15) is 9.59 Å². The highest BCUT2D eigenvalue weighted by atomic mass is 32.1. The van der Waals surface area contributed by atoms with E-state index in [1.807, 2.05) is 40.6 Å². The van der Waals surface area contributed by atoms with Gasteiger partial charge in [-0.15, -0.1) is 11.3 Å². The van der Waals surface area contributed by atoms with E-state index in [2.05, 4.69) is 12.1 Å². The number of carbonyl (C=O) groups excluding carboxylic acids is 2. The van der Waals surface area contributed by atoms with Crippen LogP contribution in [0.3, 0.4) is 0 Å². The lowest BCUT2D eigenvalue weighted by Gasteiger charge is -2.23. The lowest BCUT2D eigenvalue weighted by Crippen LogP contribution is -2.33. The largest absolute Gasteiger partial charge is 0.496 e. The number of benzene rings is 2. The summed E-state index contributed by atoms with van der Waals surface area (Å²) >= 11 is 1.65. The van der Waals surface area contributed by atoms with Gasteiger partial charge < -0.3 is 9.64 Å². The fourth-order valence-corrected chi connectivity index (χ4v) is 3.92. The third-order valence-corrected chi connectivity index (χ3v) is 5.68. The molecule has 0 unspecified atom stereocenters. The van der Waals surface area contributed by atoms with Crippen molar-refractivity contribution in [2.24, 2.45) is 0 Å². The van der Waals surface area contributed by atoms with Crippen LogP contribution < -0.4 is 4.74 Å². The van der Waals surface area contributed by atoms with Crippen molar-refractivity contribution in [3.8, 4) is 5.75 Å². The molecule has 3 aromatic rings. The Balaban J connectivity index is 1.78. The topological polar surface area (TPSA) is 46.6 Å². The number of hydrogen-bond donors (Lipinski definition) is 0. The minimum absolute atomic E-state index is 0.0216. The van der Waals surface area contributed by atoms with Gasteiger partial charge in [0.1, 0.15) is 5.75 Å². The van der Waals surface area contributed by atoms with Gasteiger partial charge in [-0.2, -0.15) is 0 Å². The molecule has 1 aromatic heterocycles. The van der Waals surface area contributed by atoms with E-state index >= 15 is 0 Å². The third kappa shape index (κ3) is 5.78. The van der Waals surface area contributed by atoms with Crippen molar-refractivity contribution >= 4 is 23.0 Å². The zero-order chi connectivity index (χ0) is 20.6. The molecule has 5 heteroatoms. The first-order valence-electron chi connectivity index (χ1n) is 9.58. The van der Waals surface area contributed by atoms with Crippen molar-refractivity contribution in [1.82, 2.24) is 4.90 Å². The second kappa shape index (κ2) is 10.0. The minimum Gasteiger partial charge on any atom is -0.496 e. The predicted octanol–water partition coefficient (Wildman–Crippen LogP) is 4.77. The maximum Gasteiger partial charge on any atom is 0.227 e. The summed E-state index contributed by atoms with van der Waals surface area (Å²) in [5.41, 5.74) is 2.52. The number of carbonyl (C=O) groups is 2. The van der Waals surface area contributed by atoms with E-state index in [0.717, 1.165) is 16.9 Å². The minimum atomic E-state index is -0.0270. The van der Waals surface area contributed by atoms with Gasteiger partial charge in [-0.1, -0.05) is 36.4 Å². The summed E-state index contributed by atoms with van der Waals surface area (Å²) in [6.07, 6.45) is 0.993. The summed E-state index contributed by atoms with van der Waals surface area (Å²) in [4.78, 5) is 28.0. The van der Waals surface area contributed by atoms with Crippen LogP contribution >= 0.6 is 11.3 Å². The Morgan fingerprint density at radius 1 is 1.03 bits per heavy atom. The highest BCUT2D eigenvalue weighted by molar-refractivity contribution is 7.09. The molecule has 0 N–H and O–H groups in total. The SMILES string of the molecule is COc1ccc(C(C)=O)cc1CC(=O)N(CCc1ccccc1)Cc1cccs1. The lowest BCUT2D eigenvalue weighted by molar-refractivity contribution is -0.131. The maximum atomic E-state index is 13.2. The molecule has 3 rings (SSSR count). The standard InChI is InChI=1S/C24H25NO3S/c1-18(26)20-10-11-23(28-2)21(15-20)16-24(27)25(17-22-9-6-14-29-22)13-12-19-7-4-3-5-8-19/h3-11,14-15H,12-13,16-17H2,1-2H3. The second-order valence-corrected chi connectivity index (χ2v) is 7.92. The molecule has 29 heavy (non-hydrogen) atoms. The molecule has 4 nitrogen and oxygen atoms in total. The van der Waals surface area contributed by atoms with Crippen molar-refractivity contribution in [2.75, 3.05) is 13.7 Å². The molecule has 0 aliphatic rings. The van der Waals surface area contributed by atoms with Crippen molar-refractivity contribution in [3.05, 3.63) is 87.6 Å². The van der Waals surface area contributed by atoms with Gasteiger partial charge in [-0.25, -0.2) is 0 Å². The summed E-state index contributed by atoms with van der Waals surface area (Å²) < 4.78 is 5.42. The Labute approximate surface area is 175 Å². The summed E-state index contributed by atoms with van der Waals surface area (Å²) in [6, 6.07) is 19.5. The van der Waals surface area contributed by atoms with E-state index < -0.39 is 0 Å². The summed E-state index contributed by atoms with van der Waals surface area (Å²) in [6.45, 7) is 2.74. The molecule has 0 spiro atoms. The number of thiophene rings is 1. The summed E-state index contributed by atoms with van der Waals surface area (Å²) in [5.74, 6) is 0.622. The Kier molecular flexibility index (Phi) is 7.19. The molecule has 0 saturated carbocycles. The Bertz CT molecular complexity index is 952. The van der Waals surface area contributed by atoms with Gasteiger partial charge in [0.25, 0.3) is 0 Å². The first-order valence-corrected chi connectivity index (χ1v) is 10.5. The van der Waals surface area contributed by atoms with Crippen LogP contribution in [0.5, 0.6) is 5.75 Å². The number of hydrogen-bond acceptors (Lipinski definition) is 4. The van der Waals surface area contributed by atoms with Crippen molar-refractivity contribution in [3.63, 3.8) is 0 Å². The second-order valence-electron chi connectivity index (χ2n) is 6.89. The van der Waals surface area contributed by atoms with E-state index in [1.54, 1.807) is 36.6 Å². The molecule has 0 fully saturated rings. The molecule has 150 valence electrons. The average molecular weight is 408 g/mol. The summed E-state index contributed by atoms with van der Waals surface area (Å²) in [5, 5.41) is 2.02. The number of amides is 1. The zero-order valence-electron chi connectivity index (χ0n) is 16.8. The van der Waals surface area contributed by atoms with Crippen LogP contribution in [-0.4, -0.2) is 30.2 Å². The molecule has 0 saturated heterocycles. The van der Waals surface area contributed by atoms with E-state index in [0.29, 0.717) is 24.4 Å². The van der Waals surface area contributed by atoms with Gasteiger partial charge in [0.05, 0.1) is 20.1 Å². The molecule has 1 amide bonds. The van der Waals surface area contributed by atoms with Gasteiger partial charge in [-0.05, 0) is 48.6 Å². The molecular weight excluding hydrogens is 382 g/mol. The van der Waals surface area contributed by atoms with Gasteiger partial charge in [0.15, 0.2) is 5.78 Å². The smallest absolute Gasteiger partial charge is 0.227 e. The quantitative estimate of drug-likeness (QED) is 0.480. The van der Waals surface area contributed by atoms with Crippen LogP contribution in [-0.2, 0) is 24.2 Å². The van der Waals surface area contributed by atoms with E-state index in [1.165, 1.54) is 12.5 Å². The highest BCUT2D eigenvalue weighted by Gasteiger charge is 2.18. The molecule has 1 heterocycles. The van der Waals surface area contributed by atoms with Gasteiger partial charge >= 0.3 is 0 Å². The number of ether oxygens (including phenoxy) is 1. The van der Waals surface area contributed by atoms with Crippen LogP contribution in [0.1, 0.15) is 33.3 Å². The third-order valence-electron chi connectivity index (χ3n) is 4.82. The molecule has 0 atom stereocenters.